The molecule has 7 aromatic rings. The molecule has 0 radical (unpaired) electrons. The lowest BCUT2D eigenvalue weighted by Crippen LogP contribution is -2.62. The van der Waals surface area contributed by atoms with Gasteiger partial charge in [0.25, 0.3) is 0 Å². The van der Waals surface area contributed by atoms with E-state index in [2.05, 4.69) is 47.2 Å². The number of phenolic OH excluding ortho intramolecular Hbond substituents is 1. The van der Waals surface area contributed by atoms with Crippen LogP contribution in [0.1, 0.15) is 82.0 Å². The maximum atomic E-state index is 15.4. The Morgan fingerprint density at radius 2 is 1.02 bits per heavy atom. The van der Waals surface area contributed by atoms with Crippen molar-refractivity contribution in [2.75, 3.05) is 26.2 Å². The number of hydrogen-bond acceptors (Lipinski definition) is 14. The molecule has 2 aromatic heterocycles. The summed E-state index contributed by atoms with van der Waals surface area (Å²) in [5, 5.41) is 50.0. The largest absolute Gasteiger partial charge is 0.508 e. The molecule has 0 bridgehead atoms. The number of benzene rings is 5. The molecule has 1 aliphatic rings. The number of para-hydroxylation sites is 2. The number of likely N-dealkylation sites (tertiary alicyclic amines) is 1. The van der Waals surface area contributed by atoms with Crippen molar-refractivity contribution >= 4 is 116 Å². The SMILES string of the molecule is [2H]CC(=O)N([2H])[C@@H](Cc1ccc(Cl)cc1)C(=O)N([2H])[C@@H](Cc1ccc(Cl)cc1)C(=O)N[C@@H](Cc1c[nH]c2ccccc12)C(=O)N[C@@H](CO)C(=O)N([2H])[C@@H](Cc1ccc(O)cc1)C(=O)N[C@@H](Cc1c[nH]c2ccccc12)C(=O)N[C@@H](CC(C)C)C(=O)N[C@@H](CCCNC(=N)N)C(=O)N1CCC[C@H]1C(=O)NCC(N)=O. The number of nitrogens with one attached hydrogen (secondary N) is 13. The third-order valence-corrected chi connectivity index (χ3v) is 17.8. The number of H-pyrrole nitrogens is 2. The standard InChI is InChI=1S/C73H88Cl2N16O13/c1-40(2)30-55(64(96)84-54(14-8-28-79-73(77)78)72(104)91-29-9-15-62(91)71(103)82-38-63(76)95)85-68(100)59(34-45-36-80-52-12-6-4-10-50(45)52)88-67(99)58(33-44-20-26-49(94)27-21-44)87-70(102)61(39-92)90-69(101)60(35-46-37-81-53-13-7-5-11-51(46)53)89-66(98)57(32-43-18-24-48(75)25-19-43)86-65(97)56(83-41(3)93)31-42-16-22-47(74)23-17-42/h4-7,10-13,16-27,36-37,40,54-62,80-81,92,94H,8-9,14-15,28-35,38-39H2,1-3H3,(H2,76,95)(H,82,103)(H,83,93)(H,84,96)(H,85,100)(H,86,97)(H,87,102)(H,88,99)(H,89,98)(H,90,101)(H4,77,78,79)/t54-,55-,56-,57-,58-,59-,60-,61-,62-/m0/s1/i3D/hD3. The molecule has 0 saturated carbocycles. The quantitative estimate of drug-likeness (QED) is 0.0152. The number of nitrogens with zero attached hydrogens (tertiary/aromatic N) is 1. The summed E-state index contributed by atoms with van der Waals surface area (Å²) >= 11 is 12.4. The first-order chi connectivity index (χ1) is 51.5. The Hall–Kier alpha value is -11.0. The van der Waals surface area contributed by atoms with Gasteiger partial charge in [0.15, 0.2) is 10.2 Å². The minimum Gasteiger partial charge on any atom is -0.508 e. The van der Waals surface area contributed by atoms with Gasteiger partial charge < -0.3 is 89.7 Å². The first-order valence-electron chi connectivity index (χ1n) is 35.8. The van der Waals surface area contributed by atoms with Gasteiger partial charge >= 0.3 is 0 Å². The molecule has 104 heavy (non-hydrogen) atoms. The van der Waals surface area contributed by atoms with E-state index in [1.165, 1.54) is 77.7 Å². The molecule has 9 atom stereocenters. The fraction of sp³-hybridized carbons (Fsp3) is 0.370. The number of aromatic nitrogens is 2. The minimum absolute atomic E-state index is 0.0414. The molecule has 31 heteroatoms. The van der Waals surface area contributed by atoms with E-state index >= 15 is 24.0 Å². The van der Waals surface area contributed by atoms with Crippen molar-refractivity contribution in [3.63, 3.8) is 0 Å². The van der Waals surface area contributed by atoms with Gasteiger partial charge in [-0.3, -0.25) is 58.1 Å². The van der Waals surface area contributed by atoms with Gasteiger partial charge in [-0.1, -0.05) is 110 Å². The number of phenols is 1. The molecule has 1 aliphatic heterocycles. The summed E-state index contributed by atoms with van der Waals surface area (Å²) in [6.07, 6.45) is 1.90. The lowest BCUT2D eigenvalue weighted by atomic mass is 9.99. The van der Waals surface area contributed by atoms with Crippen molar-refractivity contribution in [2.45, 2.75) is 139 Å². The van der Waals surface area contributed by atoms with Gasteiger partial charge in [0.1, 0.15) is 60.1 Å². The van der Waals surface area contributed by atoms with Crippen LogP contribution in [0.4, 0.5) is 0 Å². The fourth-order valence-electron chi connectivity index (χ4n) is 12.1. The van der Waals surface area contributed by atoms with E-state index in [9.17, 15) is 41.8 Å². The van der Waals surface area contributed by atoms with Crippen LogP contribution >= 0.6 is 23.2 Å². The smallest absolute Gasteiger partial charge is 0.245 e. The molecule has 29 nitrogen and oxygen atoms in total. The Bertz CT molecular complexity index is 4370. The minimum atomic E-state index is -2.09. The monoisotopic (exact) mass is 1470 g/mol. The predicted octanol–water partition coefficient (Wildman–Crippen LogP) is 1.97. The fourth-order valence-corrected chi connectivity index (χ4v) is 12.3. The number of aromatic hydroxyl groups is 1. The molecule has 8 rings (SSSR count). The number of carbonyl (C=O) groups excluding carboxylic acids is 11. The van der Waals surface area contributed by atoms with E-state index in [-0.39, 0.29) is 97.2 Å². The van der Waals surface area contributed by atoms with Crippen molar-refractivity contribution in [1.82, 2.24) is 68.0 Å². The molecule has 5 aromatic carbocycles. The third kappa shape index (κ3) is 23.0. The number of aliphatic hydroxyl groups excluding tert-OH is 1. The Morgan fingerprint density at radius 1 is 0.577 bits per heavy atom. The number of primary amides is 1. The Morgan fingerprint density at radius 3 is 1.50 bits per heavy atom. The molecular weight excluding hydrogens is 1380 g/mol. The summed E-state index contributed by atoms with van der Waals surface area (Å²) in [6, 6.07) is 16.5. The summed E-state index contributed by atoms with van der Waals surface area (Å²) < 4.78 is 35.3. The van der Waals surface area contributed by atoms with Gasteiger partial charge in [0.2, 0.25) is 65.0 Å². The summed E-state index contributed by atoms with van der Waals surface area (Å²) in [6.45, 7) is 1.08. The van der Waals surface area contributed by atoms with Crippen LogP contribution in [0.15, 0.2) is 134 Å². The summed E-state index contributed by atoms with van der Waals surface area (Å²) in [5.41, 5.74) is 14.0. The highest BCUT2D eigenvalue weighted by atomic mass is 35.5. The average molecular weight is 1470 g/mol. The number of halogens is 2. The third-order valence-electron chi connectivity index (χ3n) is 17.3. The number of hydrogen-bond donors (Lipinski definition) is 17. The first-order valence-corrected chi connectivity index (χ1v) is 34.5. The highest BCUT2D eigenvalue weighted by Crippen LogP contribution is 2.24. The number of amides is 11. The summed E-state index contributed by atoms with van der Waals surface area (Å²) in [4.78, 5) is 165. The van der Waals surface area contributed by atoms with E-state index in [1.807, 2.05) is 0 Å². The van der Waals surface area contributed by atoms with Crippen LogP contribution < -0.4 is 64.6 Å². The Balaban J connectivity index is 1.10. The number of aromatic amines is 2. The second kappa shape index (κ2) is 37.8. The van der Waals surface area contributed by atoms with Gasteiger partial charge in [-0.25, -0.2) is 0 Å². The van der Waals surface area contributed by atoms with Crippen molar-refractivity contribution in [3.05, 3.63) is 172 Å². The number of nitrogens with two attached hydrogens (primary N) is 2. The molecule has 0 spiro atoms. The van der Waals surface area contributed by atoms with Crippen LogP contribution in [0.5, 0.6) is 5.75 Å². The zero-order chi connectivity index (χ0) is 78.5. The molecule has 3 heterocycles. The van der Waals surface area contributed by atoms with E-state index in [0.29, 0.717) is 60.5 Å². The lowest BCUT2D eigenvalue weighted by Gasteiger charge is -2.30. The van der Waals surface area contributed by atoms with Crippen molar-refractivity contribution in [3.8, 4) is 5.75 Å². The normalized spacial score (nSPS) is 15.5. The summed E-state index contributed by atoms with van der Waals surface area (Å²) in [5.74, 6) is -12.0. The lowest BCUT2D eigenvalue weighted by molar-refractivity contribution is -0.142. The molecule has 1 fully saturated rings. The van der Waals surface area contributed by atoms with Crippen molar-refractivity contribution in [1.29, 1.82) is 5.41 Å². The van der Waals surface area contributed by atoms with E-state index in [1.54, 1.807) is 74.8 Å². The molecule has 11 amide bonds. The van der Waals surface area contributed by atoms with E-state index in [0.717, 1.165) is 0 Å². The van der Waals surface area contributed by atoms with E-state index < -0.39 is 152 Å². The zero-order valence-corrected chi connectivity index (χ0v) is 58.7. The van der Waals surface area contributed by atoms with Crippen molar-refractivity contribution < 1.29 is 68.6 Å². The van der Waals surface area contributed by atoms with Crippen LogP contribution in [0.2, 0.25) is 14.3 Å². The maximum Gasteiger partial charge on any atom is 0.245 e. The maximum absolute atomic E-state index is 15.4. The van der Waals surface area contributed by atoms with Gasteiger partial charge in [0, 0.05) is 97.7 Å². The summed E-state index contributed by atoms with van der Waals surface area (Å²) in [7, 11) is 0. The Labute approximate surface area is 615 Å². The number of guanidine groups is 1. The molecule has 19 N–H and O–H groups in total. The van der Waals surface area contributed by atoms with Crippen LogP contribution in [0.3, 0.4) is 0 Å². The van der Waals surface area contributed by atoms with Crippen LogP contribution in [0, 0.1) is 11.3 Å². The second-order valence-corrected chi connectivity index (χ2v) is 26.5. The molecule has 0 unspecified atom stereocenters. The molecule has 1 saturated heterocycles. The van der Waals surface area contributed by atoms with Gasteiger partial charge in [-0.15, -0.1) is 0 Å². The first kappa shape index (κ1) is 72.7. The second-order valence-electron chi connectivity index (χ2n) is 25.6. The van der Waals surface area contributed by atoms with Gasteiger partial charge in [-0.2, -0.15) is 0 Å². The molecule has 552 valence electrons. The van der Waals surface area contributed by atoms with Crippen LogP contribution in [0.25, 0.3) is 21.8 Å². The molecule has 0 aliphatic carbocycles. The number of rotatable bonds is 36. The highest BCUT2D eigenvalue weighted by molar-refractivity contribution is 6.30. The number of carbonyl (C=O) groups is 11. The van der Waals surface area contributed by atoms with Crippen LogP contribution in [-0.2, 0) is 84.8 Å². The molecular formula is C73H88Cl2N16O13. The zero-order valence-electron chi connectivity index (χ0n) is 61.2. The van der Waals surface area contributed by atoms with Crippen LogP contribution in [-0.4, -0.2) is 177 Å². The predicted molar refractivity (Wildman–Crippen MR) is 390 cm³/mol. The number of fused-ring (bicyclic) bond motifs is 2. The van der Waals surface area contributed by atoms with Crippen molar-refractivity contribution in [2.24, 2.45) is 17.4 Å². The topological polar surface area (TPSA) is 459 Å². The Kier molecular flexibility index (Phi) is 26.4. The van der Waals surface area contributed by atoms with Gasteiger partial charge in [0.05, 0.1) is 13.2 Å². The number of aliphatic hydroxyl groups is 1. The average Bonchev–Trinajstić information content (AvgIpc) is 1.50. The van der Waals surface area contributed by atoms with E-state index in [4.69, 9.17) is 42.9 Å². The highest BCUT2D eigenvalue weighted by Gasteiger charge is 2.40. The van der Waals surface area contributed by atoms with Gasteiger partial charge in [-0.05, 0) is 114 Å².